The standard InChI is InChI=1S/C10H5N3O2S/c11-4-7-3-6(1-2-12-7)8-5-13-16-9(8)10(14)15/h1-3,5H,(H,14,15). The van der Waals surface area contributed by atoms with Crippen molar-refractivity contribution >= 4 is 17.5 Å². The maximum absolute atomic E-state index is 10.9. The van der Waals surface area contributed by atoms with E-state index in [9.17, 15) is 4.79 Å². The van der Waals surface area contributed by atoms with Crippen molar-refractivity contribution < 1.29 is 9.90 Å². The normalized spacial score (nSPS) is 9.69. The summed E-state index contributed by atoms with van der Waals surface area (Å²) in [5, 5.41) is 17.6. The first-order valence-electron chi connectivity index (χ1n) is 4.27. The minimum absolute atomic E-state index is 0.162. The molecule has 2 aromatic heterocycles. The summed E-state index contributed by atoms with van der Waals surface area (Å²) in [7, 11) is 0. The molecule has 0 aliphatic heterocycles. The summed E-state index contributed by atoms with van der Waals surface area (Å²) in [6.45, 7) is 0. The first kappa shape index (κ1) is 10.3. The molecule has 0 aliphatic carbocycles. The van der Waals surface area contributed by atoms with Crippen LogP contribution in [0.1, 0.15) is 15.4 Å². The molecule has 0 spiro atoms. The number of carboxylic acid groups (broad SMARTS) is 1. The van der Waals surface area contributed by atoms with E-state index in [1.54, 1.807) is 6.07 Å². The molecule has 78 valence electrons. The maximum atomic E-state index is 10.9. The lowest BCUT2D eigenvalue weighted by Gasteiger charge is -1.98. The van der Waals surface area contributed by atoms with Crippen molar-refractivity contribution in [3.05, 3.63) is 35.1 Å². The van der Waals surface area contributed by atoms with Crippen LogP contribution in [0.2, 0.25) is 0 Å². The van der Waals surface area contributed by atoms with Gasteiger partial charge in [-0.3, -0.25) is 0 Å². The van der Waals surface area contributed by atoms with E-state index in [1.165, 1.54) is 18.5 Å². The molecule has 16 heavy (non-hydrogen) atoms. The van der Waals surface area contributed by atoms with Gasteiger partial charge in [0.15, 0.2) is 0 Å². The number of aromatic carboxylic acids is 1. The van der Waals surface area contributed by atoms with Crippen molar-refractivity contribution in [1.29, 1.82) is 5.26 Å². The number of aromatic nitrogens is 2. The van der Waals surface area contributed by atoms with Crippen LogP contribution in [-0.4, -0.2) is 20.4 Å². The Hall–Kier alpha value is -2.26. The first-order chi connectivity index (χ1) is 7.72. The van der Waals surface area contributed by atoms with Gasteiger partial charge in [0.05, 0.1) is 0 Å². The molecule has 0 aliphatic rings. The van der Waals surface area contributed by atoms with Gasteiger partial charge in [-0.1, -0.05) is 0 Å². The van der Waals surface area contributed by atoms with Gasteiger partial charge < -0.3 is 5.11 Å². The number of pyridine rings is 1. The van der Waals surface area contributed by atoms with Gasteiger partial charge in [-0.15, -0.1) is 0 Å². The second-order valence-electron chi connectivity index (χ2n) is 2.92. The molecular weight excluding hydrogens is 226 g/mol. The Morgan fingerprint density at radius 2 is 2.38 bits per heavy atom. The molecule has 2 heterocycles. The molecule has 1 N–H and O–H groups in total. The van der Waals surface area contributed by atoms with Crippen molar-refractivity contribution in [2.75, 3.05) is 0 Å². The predicted octanol–water partition coefficient (Wildman–Crippen LogP) is 1.77. The molecule has 2 rings (SSSR count). The molecule has 0 unspecified atom stereocenters. The molecule has 0 fully saturated rings. The van der Waals surface area contributed by atoms with E-state index in [0.717, 1.165) is 11.5 Å². The molecule has 0 saturated carbocycles. The highest BCUT2D eigenvalue weighted by atomic mass is 32.1. The van der Waals surface area contributed by atoms with Crippen LogP contribution in [0.15, 0.2) is 24.5 Å². The average molecular weight is 231 g/mol. The second-order valence-corrected chi connectivity index (χ2v) is 3.72. The fourth-order valence-electron chi connectivity index (χ4n) is 1.26. The third kappa shape index (κ3) is 1.76. The largest absolute Gasteiger partial charge is 0.477 e. The number of nitrogens with zero attached hydrogens (tertiary/aromatic N) is 3. The van der Waals surface area contributed by atoms with E-state index >= 15 is 0 Å². The van der Waals surface area contributed by atoms with Crippen LogP contribution in [0, 0.1) is 11.3 Å². The van der Waals surface area contributed by atoms with E-state index in [2.05, 4.69) is 9.36 Å². The second kappa shape index (κ2) is 4.08. The van der Waals surface area contributed by atoms with Gasteiger partial charge in [0.1, 0.15) is 16.6 Å². The van der Waals surface area contributed by atoms with E-state index in [-0.39, 0.29) is 10.6 Å². The summed E-state index contributed by atoms with van der Waals surface area (Å²) in [5.74, 6) is -1.02. The quantitative estimate of drug-likeness (QED) is 0.851. The SMILES string of the molecule is N#Cc1cc(-c2cnsc2C(=O)O)ccn1. The highest BCUT2D eigenvalue weighted by Gasteiger charge is 2.14. The summed E-state index contributed by atoms with van der Waals surface area (Å²) in [6.07, 6.45) is 2.95. The van der Waals surface area contributed by atoms with Gasteiger partial charge in [0.2, 0.25) is 0 Å². The molecule has 0 saturated heterocycles. The zero-order chi connectivity index (χ0) is 11.5. The zero-order valence-corrected chi connectivity index (χ0v) is 8.73. The average Bonchev–Trinajstić information content (AvgIpc) is 2.78. The fraction of sp³-hybridized carbons (Fsp3) is 0. The number of hydrogen-bond acceptors (Lipinski definition) is 5. The Labute approximate surface area is 94.8 Å². The minimum Gasteiger partial charge on any atom is -0.477 e. The lowest BCUT2D eigenvalue weighted by Crippen LogP contribution is -1.94. The van der Waals surface area contributed by atoms with Crippen molar-refractivity contribution in [3.63, 3.8) is 0 Å². The minimum atomic E-state index is -1.02. The van der Waals surface area contributed by atoms with Gasteiger partial charge >= 0.3 is 5.97 Å². The molecule has 6 heteroatoms. The Morgan fingerprint density at radius 1 is 1.56 bits per heavy atom. The highest BCUT2D eigenvalue weighted by Crippen LogP contribution is 2.26. The van der Waals surface area contributed by atoms with Gasteiger partial charge in [-0.05, 0) is 29.2 Å². The van der Waals surface area contributed by atoms with E-state index in [0.29, 0.717) is 11.1 Å². The molecule has 0 radical (unpaired) electrons. The molecule has 0 amide bonds. The molecule has 0 bridgehead atoms. The predicted molar refractivity (Wildman–Crippen MR) is 57.0 cm³/mol. The summed E-state index contributed by atoms with van der Waals surface area (Å²) >= 11 is 0.913. The van der Waals surface area contributed by atoms with E-state index < -0.39 is 5.97 Å². The van der Waals surface area contributed by atoms with Crippen LogP contribution in [-0.2, 0) is 0 Å². The summed E-state index contributed by atoms with van der Waals surface area (Å²) in [4.78, 5) is 14.9. The van der Waals surface area contributed by atoms with E-state index in [1.807, 2.05) is 6.07 Å². The Balaban J connectivity index is 2.55. The number of rotatable bonds is 2. The van der Waals surface area contributed by atoms with Crippen LogP contribution in [0.5, 0.6) is 0 Å². The summed E-state index contributed by atoms with van der Waals surface area (Å²) in [6, 6.07) is 5.09. The van der Waals surface area contributed by atoms with Crippen molar-refractivity contribution in [3.8, 4) is 17.2 Å². The van der Waals surface area contributed by atoms with Gasteiger partial charge in [0, 0.05) is 18.0 Å². The molecular formula is C10H5N3O2S. The smallest absolute Gasteiger partial charge is 0.348 e. The third-order valence-corrected chi connectivity index (χ3v) is 2.74. The fourth-order valence-corrected chi connectivity index (χ4v) is 1.87. The number of carboxylic acids is 1. The van der Waals surface area contributed by atoms with Crippen LogP contribution >= 0.6 is 11.5 Å². The first-order valence-corrected chi connectivity index (χ1v) is 5.04. The Bertz CT molecular complexity index is 586. The van der Waals surface area contributed by atoms with Crippen LogP contribution in [0.25, 0.3) is 11.1 Å². The number of carbonyl (C=O) groups is 1. The van der Waals surface area contributed by atoms with Crippen molar-refractivity contribution in [2.24, 2.45) is 0 Å². The number of nitriles is 1. The molecule has 2 aromatic rings. The van der Waals surface area contributed by atoms with Crippen LogP contribution < -0.4 is 0 Å². The lowest BCUT2D eigenvalue weighted by molar-refractivity contribution is 0.0703. The monoisotopic (exact) mass is 231 g/mol. The van der Waals surface area contributed by atoms with Gasteiger partial charge in [-0.2, -0.15) is 9.64 Å². The zero-order valence-electron chi connectivity index (χ0n) is 7.91. The third-order valence-electron chi connectivity index (χ3n) is 1.95. The van der Waals surface area contributed by atoms with Gasteiger partial charge in [0.25, 0.3) is 0 Å². The Kier molecular flexibility index (Phi) is 2.62. The molecule has 5 nitrogen and oxygen atoms in total. The number of hydrogen-bond donors (Lipinski definition) is 1. The highest BCUT2D eigenvalue weighted by molar-refractivity contribution is 7.08. The summed E-state index contributed by atoms with van der Waals surface area (Å²) < 4.78 is 3.83. The topological polar surface area (TPSA) is 86.9 Å². The molecule has 0 atom stereocenters. The molecule has 0 aromatic carbocycles. The summed E-state index contributed by atoms with van der Waals surface area (Å²) in [5.41, 5.74) is 1.40. The Morgan fingerprint density at radius 3 is 3.06 bits per heavy atom. The lowest BCUT2D eigenvalue weighted by atomic mass is 10.1. The maximum Gasteiger partial charge on any atom is 0.348 e. The van der Waals surface area contributed by atoms with Crippen molar-refractivity contribution in [1.82, 2.24) is 9.36 Å². The van der Waals surface area contributed by atoms with Crippen molar-refractivity contribution in [2.45, 2.75) is 0 Å². The van der Waals surface area contributed by atoms with E-state index in [4.69, 9.17) is 10.4 Å². The van der Waals surface area contributed by atoms with Crippen LogP contribution in [0.4, 0.5) is 0 Å². The van der Waals surface area contributed by atoms with Gasteiger partial charge in [-0.25, -0.2) is 9.78 Å². The van der Waals surface area contributed by atoms with Crippen LogP contribution in [0.3, 0.4) is 0 Å².